The largest absolute Gasteiger partial charge is 0.492 e. The summed E-state index contributed by atoms with van der Waals surface area (Å²) in [6.45, 7) is -0.415. The van der Waals surface area contributed by atoms with Gasteiger partial charge in [0, 0.05) is 44.8 Å². The summed E-state index contributed by atoms with van der Waals surface area (Å²) in [7, 11) is -4.64. The first-order valence-corrected chi connectivity index (χ1v) is 7.97. The Hall–Kier alpha value is -0.219. The van der Waals surface area contributed by atoms with E-state index in [4.69, 9.17) is 29.1 Å². The van der Waals surface area contributed by atoms with Crippen molar-refractivity contribution in [3.8, 4) is 5.88 Å². The minimum absolute atomic E-state index is 0. The first-order valence-electron chi connectivity index (χ1n) is 6.40. The molecular weight excluding hydrogens is 567 g/mol. The Kier molecular flexibility index (Phi) is 10.3. The monoisotopic (exact) mass is 580 g/mol. The SMILES string of the molecule is O=P(O)(O)O.OC[C@H]1O[C@@H](n2cnc3c(O)ncnc32)[C@H](O)[C@@H]1O.[Ag].[Ag]. The topological polar surface area (TPSA) is 212 Å². The van der Waals surface area contributed by atoms with Gasteiger partial charge >= 0.3 is 7.82 Å². The molecule has 1 aliphatic heterocycles. The zero-order chi connectivity index (χ0) is 18.1. The van der Waals surface area contributed by atoms with Gasteiger partial charge in [-0.2, -0.15) is 4.98 Å². The molecule has 2 radical (unpaired) electrons. The number of aromatic nitrogens is 4. The number of imidazole rings is 1. The number of hydrogen-bond acceptors (Lipinski definition) is 9. The van der Waals surface area contributed by atoms with Crippen LogP contribution in [0.2, 0.25) is 0 Å². The van der Waals surface area contributed by atoms with E-state index in [1.807, 2.05) is 0 Å². The van der Waals surface area contributed by atoms with Crippen LogP contribution in [0.3, 0.4) is 0 Å². The predicted molar refractivity (Wildman–Crippen MR) is 74.3 cm³/mol. The van der Waals surface area contributed by atoms with Gasteiger partial charge in [-0.25, -0.2) is 14.5 Å². The van der Waals surface area contributed by atoms with Crippen molar-refractivity contribution >= 4 is 19.0 Å². The third kappa shape index (κ3) is 6.15. The molecule has 1 saturated heterocycles. The van der Waals surface area contributed by atoms with E-state index in [2.05, 4.69) is 15.0 Å². The molecule has 156 valence electrons. The van der Waals surface area contributed by atoms with Gasteiger partial charge in [0.05, 0.1) is 12.9 Å². The van der Waals surface area contributed by atoms with Crippen molar-refractivity contribution in [2.45, 2.75) is 24.5 Å². The summed E-state index contributed by atoms with van der Waals surface area (Å²) in [5, 5.41) is 38.2. The molecule has 0 saturated carbocycles. The Bertz CT molecular complexity index is 751. The van der Waals surface area contributed by atoms with Crippen LogP contribution < -0.4 is 0 Å². The van der Waals surface area contributed by atoms with Crippen LogP contribution in [0.4, 0.5) is 0 Å². The summed E-state index contributed by atoms with van der Waals surface area (Å²) in [5.41, 5.74) is 0.433. The van der Waals surface area contributed by atoms with Crippen LogP contribution in [-0.4, -0.2) is 79.5 Å². The fraction of sp³-hybridized carbons (Fsp3) is 0.500. The molecule has 1 fully saturated rings. The molecule has 2 aromatic rings. The number of nitrogens with zero attached hydrogens (tertiary/aromatic N) is 4. The van der Waals surface area contributed by atoms with E-state index >= 15 is 0 Å². The Morgan fingerprint density at radius 3 is 2.19 bits per heavy atom. The van der Waals surface area contributed by atoms with E-state index in [9.17, 15) is 15.3 Å². The van der Waals surface area contributed by atoms with Crippen LogP contribution in [-0.2, 0) is 54.1 Å². The average Bonchev–Trinajstić information content (AvgIpc) is 3.01. The molecule has 0 spiro atoms. The molecule has 0 unspecified atom stereocenters. The molecule has 26 heavy (non-hydrogen) atoms. The van der Waals surface area contributed by atoms with Crippen molar-refractivity contribution in [2.24, 2.45) is 0 Å². The maximum absolute atomic E-state index is 9.92. The summed E-state index contributed by atoms with van der Waals surface area (Å²) in [5.74, 6) is -0.282. The predicted octanol–water partition coefficient (Wildman–Crippen LogP) is -2.79. The zero-order valence-corrected chi connectivity index (χ0v) is 16.3. The Balaban J connectivity index is 0.000000798. The van der Waals surface area contributed by atoms with Crippen molar-refractivity contribution in [1.29, 1.82) is 0 Å². The molecule has 3 heterocycles. The number of ether oxygens (including phenoxy) is 1. The Morgan fingerprint density at radius 2 is 1.69 bits per heavy atom. The van der Waals surface area contributed by atoms with E-state index in [1.54, 1.807) is 0 Å². The van der Waals surface area contributed by atoms with Gasteiger partial charge in [0.15, 0.2) is 17.4 Å². The van der Waals surface area contributed by atoms with Crippen LogP contribution in [0.25, 0.3) is 11.2 Å². The van der Waals surface area contributed by atoms with Gasteiger partial charge in [0.25, 0.3) is 0 Å². The summed E-state index contributed by atoms with van der Waals surface area (Å²) in [6, 6.07) is 0. The minimum atomic E-state index is -4.64. The molecule has 16 heteroatoms. The van der Waals surface area contributed by atoms with Crippen LogP contribution in [0, 0.1) is 0 Å². The first-order chi connectivity index (χ1) is 11.1. The molecule has 4 atom stereocenters. The standard InChI is InChI=1S/C10H12N4O5.2Ag.H3O4P/c15-1-4-6(16)7(17)10(19-4)14-3-13-5-8(14)11-2-12-9(5)18;;;1-5(2,3)4/h2-4,6-7,10,15-17H,1H2,(H,11,12,18);;;(H3,1,2,3,4)/t4-,6-,7-,10-;;;/m1.../s1. The van der Waals surface area contributed by atoms with Crippen LogP contribution >= 0.6 is 7.82 Å². The van der Waals surface area contributed by atoms with E-state index in [0.29, 0.717) is 0 Å². The second kappa shape index (κ2) is 10.4. The molecule has 0 aromatic carbocycles. The molecular formula is C10H15Ag2N4O9P. The number of hydrogen-bond donors (Lipinski definition) is 7. The fourth-order valence-electron chi connectivity index (χ4n) is 2.14. The average molecular weight is 582 g/mol. The molecule has 2 aromatic heterocycles. The van der Waals surface area contributed by atoms with Crippen LogP contribution in [0.5, 0.6) is 5.88 Å². The molecule has 7 N–H and O–H groups in total. The van der Waals surface area contributed by atoms with E-state index in [-0.39, 0.29) is 61.8 Å². The number of phosphoric acid groups is 1. The number of aliphatic hydroxyl groups is 3. The number of aliphatic hydroxyl groups excluding tert-OH is 3. The maximum Gasteiger partial charge on any atom is 0.466 e. The summed E-state index contributed by atoms with van der Waals surface area (Å²) in [6.07, 6.45) is -1.79. The quantitative estimate of drug-likeness (QED) is 0.142. The number of fused-ring (bicyclic) bond motifs is 1. The number of aromatic hydroxyl groups is 1. The van der Waals surface area contributed by atoms with Gasteiger partial charge in [-0.3, -0.25) is 4.57 Å². The molecule has 1 aliphatic rings. The van der Waals surface area contributed by atoms with E-state index in [0.717, 1.165) is 6.33 Å². The van der Waals surface area contributed by atoms with Crippen molar-refractivity contribution in [1.82, 2.24) is 19.5 Å². The van der Waals surface area contributed by atoms with Crippen LogP contribution in [0.1, 0.15) is 6.23 Å². The normalized spacial score (nSPS) is 25.0. The third-order valence-corrected chi connectivity index (χ3v) is 3.13. The Labute approximate surface area is 177 Å². The number of rotatable bonds is 2. The summed E-state index contributed by atoms with van der Waals surface area (Å²) < 4.78 is 15.6. The second-order valence-corrected chi connectivity index (χ2v) is 5.79. The molecule has 0 bridgehead atoms. The van der Waals surface area contributed by atoms with Crippen molar-refractivity contribution < 1.29 is 89.2 Å². The summed E-state index contributed by atoms with van der Waals surface area (Å²) >= 11 is 0. The van der Waals surface area contributed by atoms with Gasteiger partial charge in [0.1, 0.15) is 24.6 Å². The molecule has 0 amide bonds. The van der Waals surface area contributed by atoms with E-state index < -0.39 is 39.0 Å². The Morgan fingerprint density at radius 1 is 1.12 bits per heavy atom. The molecule has 0 aliphatic carbocycles. The van der Waals surface area contributed by atoms with Crippen LogP contribution in [0.15, 0.2) is 12.7 Å². The summed E-state index contributed by atoms with van der Waals surface area (Å²) in [4.78, 5) is 33.0. The van der Waals surface area contributed by atoms with Gasteiger partial charge in [0.2, 0.25) is 5.88 Å². The molecule has 3 rings (SSSR count). The van der Waals surface area contributed by atoms with Crippen molar-refractivity contribution in [3.05, 3.63) is 12.7 Å². The van der Waals surface area contributed by atoms with E-state index in [1.165, 1.54) is 10.9 Å². The smallest absolute Gasteiger partial charge is 0.466 e. The van der Waals surface area contributed by atoms with Gasteiger partial charge in [-0.15, -0.1) is 0 Å². The maximum atomic E-state index is 9.92. The zero-order valence-electron chi connectivity index (χ0n) is 12.5. The molecule has 13 nitrogen and oxygen atoms in total. The van der Waals surface area contributed by atoms with Gasteiger partial charge < -0.3 is 39.8 Å². The third-order valence-electron chi connectivity index (χ3n) is 3.13. The van der Waals surface area contributed by atoms with Gasteiger partial charge in [-0.05, 0) is 0 Å². The first kappa shape index (κ1) is 25.8. The second-order valence-electron chi connectivity index (χ2n) is 4.76. The van der Waals surface area contributed by atoms with Crippen molar-refractivity contribution in [3.63, 3.8) is 0 Å². The minimum Gasteiger partial charge on any atom is -0.492 e. The van der Waals surface area contributed by atoms with Gasteiger partial charge in [-0.1, -0.05) is 0 Å². The fourth-order valence-corrected chi connectivity index (χ4v) is 2.14. The van der Waals surface area contributed by atoms with Crippen molar-refractivity contribution in [2.75, 3.05) is 6.61 Å².